The molecule has 1 atom stereocenters. The van der Waals surface area contributed by atoms with Crippen LogP contribution < -0.4 is 4.31 Å². The van der Waals surface area contributed by atoms with Crippen molar-refractivity contribution in [1.82, 2.24) is 0 Å². The number of nitrogens with zero attached hydrogens (tertiary/aromatic N) is 1. The minimum Gasteiger partial charge on any atom is -0.611 e. The number of rotatable bonds is 4. The number of hydrogen-bond acceptors (Lipinski definition) is 3. The zero-order valence-corrected chi connectivity index (χ0v) is 17.5. The van der Waals surface area contributed by atoms with Crippen LogP contribution in [0.15, 0.2) is 58.3 Å². The summed E-state index contributed by atoms with van der Waals surface area (Å²) in [4.78, 5) is 1.01. The second-order valence-electron chi connectivity index (χ2n) is 8.34. The lowest BCUT2D eigenvalue weighted by Gasteiger charge is -2.34. The van der Waals surface area contributed by atoms with E-state index < -0.39 is 21.2 Å². The quantitative estimate of drug-likeness (QED) is 0.697. The van der Waals surface area contributed by atoms with Crippen molar-refractivity contribution < 1.29 is 13.0 Å². The number of para-hydroxylation sites is 1. The SMILES string of the molecule is O=S(=O)(c1ccc([S+]([O-])C2CC2)cc1)N1CC2(CCCCC2)c2ccccc21. The van der Waals surface area contributed by atoms with Crippen molar-refractivity contribution in [3.8, 4) is 0 Å². The number of hydrogen-bond donors (Lipinski definition) is 0. The first kappa shape index (κ1) is 18.5. The minimum atomic E-state index is -3.64. The highest BCUT2D eigenvalue weighted by atomic mass is 32.2. The van der Waals surface area contributed by atoms with E-state index >= 15 is 0 Å². The molecule has 1 unspecified atom stereocenters. The predicted octanol–water partition coefficient (Wildman–Crippen LogP) is 4.37. The first-order valence-corrected chi connectivity index (χ1v) is 12.8. The fourth-order valence-corrected chi connectivity index (χ4v) is 7.73. The summed E-state index contributed by atoms with van der Waals surface area (Å²) >= 11 is -1.01. The average Bonchev–Trinajstić information content (AvgIpc) is 3.53. The predicted molar refractivity (Wildman–Crippen MR) is 112 cm³/mol. The van der Waals surface area contributed by atoms with E-state index in [4.69, 9.17) is 0 Å². The van der Waals surface area contributed by atoms with Crippen LogP contribution in [0.25, 0.3) is 0 Å². The summed E-state index contributed by atoms with van der Waals surface area (Å²) in [6, 6.07) is 14.7. The lowest BCUT2D eigenvalue weighted by molar-refractivity contribution is 0.315. The third-order valence-electron chi connectivity index (χ3n) is 6.47. The maximum absolute atomic E-state index is 13.5. The molecule has 2 saturated carbocycles. The van der Waals surface area contributed by atoms with Crippen molar-refractivity contribution in [3.63, 3.8) is 0 Å². The standard InChI is InChI=1S/C22H25NO3S2/c24-27(17-8-9-17)18-10-12-19(13-11-18)28(25,26)23-16-22(14-4-1-5-15-22)20-6-2-3-7-21(20)23/h2-3,6-7,10-13,17H,1,4-5,8-9,14-16H2. The molecule has 0 bridgehead atoms. The van der Waals surface area contributed by atoms with Crippen LogP contribution in [0.3, 0.4) is 0 Å². The van der Waals surface area contributed by atoms with Gasteiger partial charge in [-0.3, -0.25) is 4.31 Å². The van der Waals surface area contributed by atoms with Gasteiger partial charge >= 0.3 is 0 Å². The molecule has 2 aliphatic carbocycles. The Bertz CT molecular complexity index is 977. The second kappa shape index (κ2) is 6.78. The highest BCUT2D eigenvalue weighted by Crippen LogP contribution is 2.50. The Morgan fingerprint density at radius 3 is 2.32 bits per heavy atom. The van der Waals surface area contributed by atoms with Crippen LogP contribution in [0, 0.1) is 0 Å². The van der Waals surface area contributed by atoms with E-state index in [9.17, 15) is 13.0 Å². The first-order chi connectivity index (χ1) is 13.5. The molecule has 0 aromatic heterocycles. The summed E-state index contributed by atoms with van der Waals surface area (Å²) in [6.07, 6.45) is 7.65. The molecule has 0 radical (unpaired) electrons. The number of sulfonamides is 1. The Morgan fingerprint density at radius 2 is 1.64 bits per heavy atom. The smallest absolute Gasteiger partial charge is 0.264 e. The second-order valence-corrected chi connectivity index (χ2v) is 11.9. The molecule has 148 valence electrons. The molecule has 2 aromatic rings. The van der Waals surface area contributed by atoms with Crippen LogP contribution in [-0.4, -0.2) is 24.8 Å². The van der Waals surface area contributed by atoms with Gasteiger partial charge in [-0.1, -0.05) is 37.5 Å². The van der Waals surface area contributed by atoms with Gasteiger partial charge < -0.3 is 4.55 Å². The molecule has 2 fully saturated rings. The summed E-state index contributed by atoms with van der Waals surface area (Å²) in [5.74, 6) is 0. The Labute approximate surface area is 170 Å². The van der Waals surface area contributed by atoms with E-state index in [1.165, 1.54) is 12.0 Å². The lowest BCUT2D eigenvalue weighted by atomic mass is 9.71. The number of anilines is 1. The van der Waals surface area contributed by atoms with Crippen LogP contribution in [0.5, 0.6) is 0 Å². The van der Waals surface area contributed by atoms with Gasteiger partial charge in [0.2, 0.25) is 0 Å². The third-order valence-corrected chi connectivity index (χ3v) is 10.1. The van der Waals surface area contributed by atoms with Gasteiger partial charge in [0.25, 0.3) is 10.0 Å². The molecule has 2 aromatic carbocycles. The summed E-state index contributed by atoms with van der Waals surface area (Å²) in [6.45, 7) is 0.532. The van der Waals surface area contributed by atoms with Crippen molar-refractivity contribution in [3.05, 3.63) is 54.1 Å². The van der Waals surface area contributed by atoms with Gasteiger partial charge in [-0.2, -0.15) is 0 Å². The molecule has 0 N–H and O–H groups in total. The van der Waals surface area contributed by atoms with Crippen molar-refractivity contribution in [2.75, 3.05) is 10.8 Å². The van der Waals surface area contributed by atoms with Crippen LogP contribution in [0.4, 0.5) is 5.69 Å². The van der Waals surface area contributed by atoms with Gasteiger partial charge in [0, 0.05) is 24.8 Å². The fraction of sp³-hybridized carbons (Fsp3) is 0.455. The molecule has 4 nitrogen and oxygen atoms in total. The molecule has 6 heteroatoms. The zero-order valence-electron chi connectivity index (χ0n) is 15.8. The zero-order chi connectivity index (χ0) is 19.4. The van der Waals surface area contributed by atoms with Crippen molar-refractivity contribution in [1.29, 1.82) is 0 Å². The molecule has 3 aliphatic rings. The molecule has 1 heterocycles. The lowest BCUT2D eigenvalue weighted by Crippen LogP contribution is -2.38. The number of fused-ring (bicyclic) bond motifs is 2. The summed E-state index contributed by atoms with van der Waals surface area (Å²) in [5, 5.41) is 0.249. The van der Waals surface area contributed by atoms with Crippen molar-refractivity contribution in [2.24, 2.45) is 0 Å². The van der Waals surface area contributed by atoms with Gasteiger partial charge in [0.15, 0.2) is 4.90 Å². The van der Waals surface area contributed by atoms with E-state index in [2.05, 4.69) is 6.07 Å². The fourth-order valence-electron chi connectivity index (χ4n) is 4.80. The molecule has 5 rings (SSSR count). The van der Waals surface area contributed by atoms with E-state index in [1.54, 1.807) is 28.6 Å². The highest BCUT2D eigenvalue weighted by Gasteiger charge is 2.47. The summed E-state index contributed by atoms with van der Waals surface area (Å²) in [5.41, 5.74) is 1.97. The van der Waals surface area contributed by atoms with E-state index in [1.807, 2.05) is 18.2 Å². The number of benzene rings is 2. The molecular formula is C22H25NO3S2. The van der Waals surface area contributed by atoms with E-state index in [0.29, 0.717) is 6.54 Å². The van der Waals surface area contributed by atoms with E-state index in [-0.39, 0.29) is 15.6 Å². The summed E-state index contributed by atoms with van der Waals surface area (Å²) < 4.78 is 41.0. The first-order valence-electron chi connectivity index (χ1n) is 10.1. The molecule has 0 saturated heterocycles. The monoisotopic (exact) mass is 415 g/mol. The molecule has 0 amide bonds. The minimum absolute atomic E-state index is 0.0463. The van der Waals surface area contributed by atoms with Gasteiger partial charge in [0.05, 0.1) is 10.6 Å². The maximum atomic E-state index is 13.5. The van der Waals surface area contributed by atoms with Crippen LogP contribution in [0.1, 0.15) is 50.5 Å². The van der Waals surface area contributed by atoms with Gasteiger partial charge in [-0.05, 0) is 59.9 Å². The Morgan fingerprint density at radius 1 is 0.964 bits per heavy atom. The molecule has 1 aliphatic heterocycles. The molecular weight excluding hydrogens is 390 g/mol. The van der Waals surface area contributed by atoms with Gasteiger partial charge in [-0.25, -0.2) is 8.42 Å². The van der Waals surface area contributed by atoms with Crippen molar-refractivity contribution in [2.45, 2.75) is 65.4 Å². The van der Waals surface area contributed by atoms with Crippen LogP contribution in [0.2, 0.25) is 0 Å². The maximum Gasteiger partial charge on any atom is 0.264 e. The Hall–Kier alpha value is -1.50. The van der Waals surface area contributed by atoms with E-state index in [0.717, 1.165) is 49.1 Å². The van der Waals surface area contributed by atoms with Crippen molar-refractivity contribution >= 4 is 26.9 Å². The van der Waals surface area contributed by atoms with Crippen LogP contribution in [-0.2, 0) is 26.6 Å². The topological polar surface area (TPSA) is 60.4 Å². The van der Waals surface area contributed by atoms with Crippen LogP contribution >= 0.6 is 0 Å². The molecule has 28 heavy (non-hydrogen) atoms. The highest BCUT2D eigenvalue weighted by molar-refractivity contribution is 7.93. The van der Waals surface area contributed by atoms with Gasteiger partial charge in [0.1, 0.15) is 5.25 Å². The Kier molecular flexibility index (Phi) is 4.49. The summed E-state index contributed by atoms with van der Waals surface area (Å²) in [7, 11) is -3.64. The Balaban J connectivity index is 1.49. The van der Waals surface area contributed by atoms with Gasteiger partial charge in [-0.15, -0.1) is 0 Å². The average molecular weight is 416 g/mol. The largest absolute Gasteiger partial charge is 0.611 e. The normalized spacial score (nSPS) is 22.2. The third kappa shape index (κ3) is 2.97. The molecule has 1 spiro atoms.